The molecule has 3 aromatic heterocycles. The summed E-state index contributed by atoms with van der Waals surface area (Å²) in [6, 6.07) is 8.99. The molecular formula is C51H59F3N12O5. The molecule has 374 valence electrons. The van der Waals surface area contributed by atoms with Crippen LogP contribution in [0, 0.1) is 24.5 Å². The van der Waals surface area contributed by atoms with Gasteiger partial charge in [-0.1, -0.05) is 6.08 Å². The smallest absolute Gasteiger partial charge is 0.329 e. The fraction of sp³-hybridized carbons (Fsp3) is 0.451. The first-order valence-electron chi connectivity index (χ1n) is 24.4. The van der Waals surface area contributed by atoms with Crippen molar-refractivity contribution in [1.82, 2.24) is 44.0 Å². The number of carbonyl (C=O) groups excluding carboxylic acids is 3. The molecule has 2 unspecified atom stereocenters. The van der Waals surface area contributed by atoms with E-state index in [0.717, 1.165) is 49.1 Å². The van der Waals surface area contributed by atoms with Gasteiger partial charge in [-0.15, -0.1) is 0 Å². The molecule has 3 fully saturated rings. The zero-order chi connectivity index (χ0) is 50.0. The standard InChI is InChI=1S/C51H59F3N12O5/c1-29-22-33(23-36(53)45(29)32-11-16-62(17-12-32)30(2)40-24-34-38(8-13-56-47(34)59(40)4)65-28-37(54)46(55-3)58-50(65)70)49(69)64-14-9-31(10-15-64)27-61-18-20-63(21-19-61)41-26-42-43(25-35(41)52)66(51(71)60(42)5)39-6-7-44(67)57-48(39)68/h8,11,13,22-26,28,30-31,39,50,70H,6-7,9-10,12,14-21,27H2,1-5H3,(H,55,58)(H,57,67,68)/t30-,39?,50?/m0/s1. The van der Waals surface area contributed by atoms with Crippen molar-refractivity contribution in [3.63, 3.8) is 0 Å². The molecule has 3 atom stereocenters. The number of imidazole rings is 1. The number of aliphatic hydroxyl groups excluding tert-OH is 1. The summed E-state index contributed by atoms with van der Waals surface area (Å²) in [5.41, 5.74) is 5.53. The first-order chi connectivity index (χ1) is 34.1. The number of nitrogens with zero attached hydrogens (tertiary/aromatic N) is 10. The highest BCUT2D eigenvalue weighted by Crippen LogP contribution is 2.37. The second-order valence-corrected chi connectivity index (χ2v) is 19.5. The number of rotatable bonds is 9. The van der Waals surface area contributed by atoms with Crippen LogP contribution in [0.15, 0.2) is 70.5 Å². The summed E-state index contributed by atoms with van der Waals surface area (Å²) in [6.07, 6.45) is 6.22. The Bertz CT molecular complexity index is 3100. The van der Waals surface area contributed by atoms with Crippen molar-refractivity contribution >= 4 is 62.6 Å². The lowest BCUT2D eigenvalue weighted by Crippen LogP contribution is -2.50. The molecule has 0 radical (unpaired) electrons. The van der Waals surface area contributed by atoms with Crippen LogP contribution in [0.4, 0.5) is 24.5 Å². The SMILES string of the molecule is CN=C1NC(O)N(c2ccnc3c2cc([C@H](C)N2CC=C(c4c(C)cc(C(=O)N5CCC(CN6CCN(c7cc8c(cc7F)n(C7CCC(=O)NC7=O)c(=O)n8C)CC6)CC5)cc4F)CC2)n3C)C=C1F. The molecule has 0 aliphatic carbocycles. The summed E-state index contributed by atoms with van der Waals surface area (Å²) in [5, 5.41) is 16.5. The molecule has 8 heterocycles. The molecule has 17 nitrogen and oxygen atoms in total. The topological polar surface area (TPSA) is 169 Å². The van der Waals surface area contributed by atoms with E-state index in [4.69, 9.17) is 0 Å². The summed E-state index contributed by atoms with van der Waals surface area (Å²) in [7, 11) is 4.98. The van der Waals surface area contributed by atoms with Gasteiger partial charge in [0, 0.05) is 133 Å². The number of hydrogen-bond donors (Lipinski definition) is 3. The lowest BCUT2D eigenvalue weighted by molar-refractivity contribution is -0.135. The van der Waals surface area contributed by atoms with Crippen molar-refractivity contribution in [1.29, 1.82) is 0 Å². The number of pyridine rings is 1. The van der Waals surface area contributed by atoms with Gasteiger partial charge in [0.15, 0.2) is 11.7 Å². The third-order valence-electron chi connectivity index (χ3n) is 15.3. The van der Waals surface area contributed by atoms with Gasteiger partial charge in [-0.25, -0.2) is 22.9 Å². The van der Waals surface area contributed by atoms with Gasteiger partial charge in [0.25, 0.3) is 5.91 Å². The number of amides is 3. The number of benzene rings is 2. The Hall–Kier alpha value is -6.77. The molecule has 0 spiro atoms. The lowest BCUT2D eigenvalue weighted by Gasteiger charge is -2.39. The van der Waals surface area contributed by atoms with Gasteiger partial charge in [0.05, 0.1) is 22.4 Å². The molecule has 20 heteroatoms. The van der Waals surface area contributed by atoms with Crippen molar-refractivity contribution in [2.45, 2.75) is 64.4 Å². The number of hydrogen-bond acceptors (Lipinski definition) is 11. The Morgan fingerprint density at radius 1 is 0.901 bits per heavy atom. The number of piperidine rings is 2. The average Bonchev–Trinajstić information content (AvgIpc) is 3.82. The molecule has 5 aliphatic heterocycles. The van der Waals surface area contributed by atoms with E-state index in [1.165, 1.54) is 39.4 Å². The number of fused-ring (bicyclic) bond motifs is 2. The van der Waals surface area contributed by atoms with E-state index in [1.807, 2.05) is 40.5 Å². The summed E-state index contributed by atoms with van der Waals surface area (Å²) in [4.78, 5) is 69.8. The first kappa shape index (κ1) is 47.9. The summed E-state index contributed by atoms with van der Waals surface area (Å²) >= 11 is 0. The maximum absolute atomic E-state index is 16.1. The van der Waals surface area contributed by atoms with E-state index in [0.29, 0.717) is 96.4 Å². The Labute approximate surface area is 408 Å². The van der Waals surface area contributed by atoms with Crippen molar-refractivity contribution in [2.75, 3.05) is 75.8 Å². The first-order valence-corrected chi connectivity index (χ1v) is 24.4. The number of nitrogens with one attached hydrogen (secondary N) is 2. The van der Waals surface area contributed by atoms with E-state index in [2.05, 4.69) is 43.4 Å². The molecule has 10 rings (SSSR count). The van der Waals surface area contributed by atoms with Gasteiger partial charge >= 0.3 is 5.69 Å². The van der Waals surface area contributed by atoms with E-state index >= 15 is 8.78 Å². The summed E-state index contributed by atoms with van der Waals surface area (Å²) < 4.78 is 51.4. The molecule has 0 saturated carbocycles. The van der Waals surface area contributed by atoms with Crippen LogP contribution in [0.1, 0.15) is 78.3 Å². The number of halogens is 3. The van der Waals surface area contributed by atoms with Crippen molar-refractivity contribution in [3.8, 4) is 0 Å². The van der Waals surface area contributed by atoms with Gasteiger partial charge in [0.2, 0.25) is 18.2 Å². The third kappa shape index (κ3) is 8.79. The van der Waals surface area contributed by atoms with Crippen LogP contribution >= 0.6 is 0 Å². The van der Waals surface area contributed by atoms with Gasteiger partial charge in [-0.3, -0.25) is 43.6 Å². The number of likely N-dealkylation sites (tertiary alicyclic amines) is 1. The number of amidine groups is 1. The molecule has 3 N–H and O–H groups in total. The summed E-state index contributed by atoms with van der Waals surface area (Å²) in [5.74, 6) is -2.27. The van der Waals surface area contributed by atoms with E-state index in [-0.39, 0.29) is 36.5 Å². The lowest BCUT2D eigenvalue weighted by atomic mass is 9.92. The minimum absolute atomic E-state index is 0.0252. The Morgan fingerprint density at radius 3 is 2.35 bits per heavy atom. The fourth-order valence-corrected chi connectivity index (χ4v) is 11.3. The maximum atomic E-state index is 16.1. The number of aliphatic imine (C=N–C) groups is 1. The van der Waals surface area contributed by atoms with Crippen molar-refractivity contribution in [3.05, 3.63) is 105 Å². The Kier molecular flexibility index (Phi) is 12.9. The molecule has 5 aliphatic rings. The number of aromatic nitrogens is 4. The molecule has 3 saturated heterocycles. The predicted molar refractivity (Wildman–Crippen MR) is 264 cm³/mol. The summed E-state index contributed by atoms with van der Waals surface area (Å²) in [6.45, 7) is 9.83. The maximum Gasteiger partial charge on any atom is 0.329 e. The van der Waals surface area contributed by atoms with Gasteiger partial charge in [-0.05, 0) is 86.9 Å². The monoisotopic (exact) mass is 976 g/mol. The quantitative estimate of drug-likeness (QED) is 0.173. The zero-order valence-corrected chi connectivity index (χ0v) is 40.6. The van der Waals surface area contributed by atoms with Crippen LogP contribution < -0.4 is 26.1 Å². The molecule has 71 heavy (non-hydrogen) atoms. The Balaban J connectivity index is 0.730. The van der Waals surface area contributed by atoms with Gasteiger partial charge in [0.1, 0.15) is 23.3 Å². The highest BCUT2D eigenvalue weighted by atomic mass is 19.1. The largest absolute Gasteiger partial charge is 0.367 e. The van der Waals surface area contributed by atoms with Crippen molar-refractivity contribution in [2.24, 2.45) is 25.0 Å². The molecule has 3 amide bonds. The second kappa shape index (κ2) is 19.1. The molecule has 2 aromatic carbocycles. The molecule has 0 bridgehead atoms. The molecule has 5 aromatic rings. The minimum Gasteiger partial charge on any atom is -0.367 e. The van der Waals surface area contributed by atoms with E-state index in [1.54, 1.807) is 25.4 Å². The minimum atomic E-state index is -1.22. The average molecular weight is 977 g/mol. The van der Waals surface area contributed by atoms with Crippen LogP contribution in [-0.4, -0.2) is 134 Å². The molecular weight excluding hydrogens is 918 g/mol. The van der Waals surface area contributed by atoms with E-state index < -0.39 is 41.5 Å². The highest BCUT2D eigenvalue weighted by molar-refractivity contribution is 6.01. The Morgan fingerprint density at radius 2 is 1.66 bits per heavy atom. The predicted octanol–water partition coefficient (Wildman–Crippen LogP) is 4.84. The zero-order valence-electron chi connectivity index (χ0n) is 40.6. The number of carbonyl (C=O) groups is 3. The van der Waals surface area contributed by atoms with Crippen LogP contribution in [0.3, 0.4) is 0 Å². The normalized spacial score (nSPS) is 22.0. The number of anilines is 2. The van der Waals surface area contributed by atoms with E-state index in [9.17, 15) is 28.7 Å². The van der Waals surface area contributed by atoms with Gasteiger partial charge in [-0.2, -0.15) is 0 Å². The van der Waals surface area contributed by atoms with Crippen molar-refractivity contribution < 1.29 is 32.7 Å². The van der Waals surface area contributed by atoms with Crippen LogP contribution in [0.5, 0.6) is 0 Å². The fourth-order valence-electron chi connectivity index (χ4n) is 11.3. The van der Waals surface area contributed by atoms with Crippen LogP contribution in [-0.2, 0) is 23.7 Å². The second-order valence-electron chi connectivity index (χ2n) is 19.5. The number of imide groups is 1. The highest BCUT2D eigenvalue weighted by Gasteiger charge is 2.34. The number of piperazine rings is 1. The van der Waals surface area contributed by atoms with Crippen LogP contribution in [0.25, 0.3) is 27.6 Å². The number of aryl methyl sites for hydroxylation is 3. The number of aliphatic hydroxyl groups is 1. The van der Waals surface area contributed by atoms with Crippen LogP contribution in [0.2, 0.25) is 0 Å². The third-order valence-corrected chi connectivity index (χ3v) is 15.3. The van der Waals surface area contributed by atoms with Gasteiger partial charge < -0.3 is 29.7 Å².